The molecule has 1 N–H and O–H groups in total. The molecule has 1 rings (SSSR count). The molecule has 16 heavy (non-hydrogen) atoms. The summed E-state index contributed by atoms with van der Waals surface area (Å²) in [7, 11) is 0. The highest BCUT2D eigenvalue weighted by Crippen LogP contribution is 2.30. The molecule has 1 aromatic rings. The van der Waals surface area contributed by atoms with Crippen LogP contribution in [0.5, 0.6) is 0 Å². The molecule has 86 valence electrons. The van der Waals surface area contributed by atoms with Crippen molar-refractivity contribution in [2.24, 2.45) is 0 Å². The Balaban J connectivity index is 3.32. The van der Waals surface area contributed by atoms with Gasteiger partial charge in [0.05, 0.1) is 17.0 Å². The summed E-state index contributed by atoms with van der Waals surface area (Å²) in [4.78, 5) is 23.3. The number of hydrogen-bond acceptors (Lipinski definition) is 4. The molecule has 6 nitrogen and oxygen atoms in total. The number of pyridine rings is 1. The largest absolute Gasteiger partial charge is 0.481 e. The van der Waals surface area contributed by atoms with Crippen LogP contribution >= 0.6 is 0 Å². The third kappa shape index (κ3) is 2.47. The highest BCUT2D eigenvalue weighted by atomic mass is 19.3. The monoisotopic (exact) mass is 232 g/mol. The van der Waals surface area contributed by atoms with E-state index in [0.717, 1.165) is 12.3 Å². The van der Waals surface area contributed by atoms with Crippen molar-refractivity contribution in [2.75, 3.05) is 0 Å². The molecule has 0 unspecified atom stereocenters. The van der Waals surface area contributed by atoms with Gasteiger partial charge in [-0.25, -0.2) is 8.78 Å². The maximum atomic E-state index is 12.6. The fourth-order valence-corrected chi connectivity index (χ4v) is 1.19. The Kier molecular flexibility index (Phi) is 3.44. The van der Waals surface area contributed by atoms with E-state index in [1.165, 1.54) is 0 Å². The molecule has 0 aliphatic heterocycles. The van der Waals surface area contributed by atoms with Gasteiger partial charge in [0.1, 0.15) is 5.56 Å². The van der Waals surface area contributed by atoms with E-state index in [1.54, 1.807) is 0 Å². The van der Waals surface area contributed by atoms with Crippen molar-refractivity contribution in [3.63, 3.8) is 0 Å². The minimum Gasteiger partial charge on any atom is -0.481 e. The first kappa shape index (κ1) is 12.0. The van der Waals surface area contributed by atoms with Crippen molar-refractivity contribution in [3.8, 4) is 0 Å². The van der Waals surface area contributed by atoms with E-state index in [-0.39, 0.29) is 0 Å². The molecule has 0 atom stereocenters. The number of nitro groups is 1. The van der Waals surface area contributed by atoms with Crippen LogP contribution in [0.2, 0.25) is 0 Å². The normalized spacial score (nSPS) is 10.4. The van der Waals surface area contributed by atoms with E-state index < -0.39 is 40.7 Å². The van der Waals surface area contributed by atoms with Crippen molar-refractivity contribution in [1.82, 2.24) is 4.98 Å². The lowest BCUT2D eigenvalue weighted by molar-refractivity contribution is -0.386. The highest BCUT2D eigenvalue weighted by molar-refractivity contribution is 5.70. The molecule has 0 aliphatic carbocycles. The lowest BCUT2D eigenvalue weighted by Gasteiger charge is -2.05. The lowest BCUT2D eigenvalue weighted by atomic mass is 10.1. The van der Waals surface area contributed by atoms with Crippen LogP contribution in [0.1, 0.15) is 17.7 Å². The third-order valence-corrected chi connectivity index (χ3v) is 1.78. The maximum Gasteiger partial charge on any atom is 0.309 e. The molecule has 8 heteroatoms. The number of nitrogens with zero attached hydrogens (tertiary/aromatic N) is 2. The third-order valence-electron chi connectivity index (χ3n) is 1.78. The SMILES string of the molecule is O=C(O)Cc1nccc([N+](=O)[O-])c1C(F)F. The zero-order valence-electron chi connectivity index (χ0n) is 7.76. The van der Waals surface area contributed by atoms with Gasteiger partial charge in [0, 0.05) is 12.3 Å². The zero-order valence-corrected chi connectivity index (χ0v) is 7.76. The smallest absolute Gasteiger partial charge is 0.309 e. The summed E-state index contributed by atoms with van der Waals surface area (Å²) in [6, 6.07) is 0.812. The van der Waals surface area contributed by atoms with Crippen LogP contribution in [0, 0.1) is 10.1 Å². The van der Waals surface area contributed by atoms with Crippen LogP contribution in [0.3, 0.4) is 0 Å². The summed E-state index contributed by atoms with van der Waals surface area (Å²) in [5, 5.41) is 18.9. The number of carboxylic acid groups (broad SMARTS) is 1. The second kappa shape index (κ2) is 4.60. The Labute approximate surface area is 87.7 Å². The summed E-state index contributed by atoms with van der Waals surface area (Å²) < 4.78 is 25.1. The maximum absolute atomic E-state index is 12.6. The van der Waals surface area contributed by atoms with E-state index >= 15 is 0 Å². The van der Waals surface area contributed by atoms with Gasteiger partial charge in [0.25, 0.3) is 12.1 Å². The number of hydrogen-bond donors (Lipinski definition) is 1. The van der Waals surface area contributed by atoms with Gasteiger partial charge in [-0.2, -0.15) is 0 Å². The van der Waals surface area contributed by atoms with Gasteiger partial charge in [-0.1, -0.05) is 0 Å². The van der Waals surface area contributed by atoms with Crippen molar-refractivity contribution < 1.29 is 23.6 Å². The molecule has 1 heterocycles. The van der Waals surface area contributed by atoms with Gasteiger partial charge >= 0.3 is 5.97 Å². The van der Waals surface area contributed by atoms with E-state index in [2.05, 4.69) is 4.98 Å². The van der Waals surface area contributed by atoms with Gasteiger partial charge in [-0.15, -0.1) is 0 Å². The van der Waals surface area contributed by atoms with E-state index in [0.29, 0.717) is 0 Å². The lowest BCUT2D eigenvalue weighted by Crippen LogP contribution is -2.08. The first-order chi connectivity index (χ1) is 7.43. The summed E-state index contributed by atoms with van der Waals surface area (Å²) in [5.74, 6) is -1.38. The molecular weight excluding hydrogens is 226 g/mol. The fraction of sp³-hybridized carbons (Fsp3) is 0.250. The number of aliphatic carboxylic acids is 1. The second-order valence-electron chi connectivity index (χ2n) is 2.82. The van der Waals surface area contributed by atoms with Crippen LogP contribution in [-0.4, -0.2) is 21.0 Å². The Morgan fingerprint density at radius 3 is 2.69 bits per heavy atom. The van der Waals surface area contributed by atoms with Gasteiger partial charge in [0.15, 0.2) is 0 Å². The molecule has 1 aromatic heterocycles. The van der Waals surface area contributed by atoms with E-state index in [1.807, 2.05) is 0 Å². The average Bonchev–Trinajstić information content (AvgIpc) is 2.15. The van der Waals surface area contributed by atoms with Crippen molar-refractivity contribution in [3.05, 3.63) is 33.6 Å². The van der Waals surface area contributed by atoms with E-state index in [4.69, 9.17) is 5.11 Å². The minimum absolute atomic E-state index is 0.489. The zero-order chi connectivity index (χ0) is 12.3. The molecule has 0 bridgehead atoms. The number of rotatable bonds is 4. The highest BCUT2D eigenvalue weighted by Gasteiger charge is 2.27. The Morgan fingerprint density at radius 2 is 2.25 bits per heavy atom. The fourth-order valence-electron chi connectivity index (χ4n) is 1.19. The summed E-state index contributed by atoms with van der Waals surface area (Å²) in [5.41, 5.74) is -2.24. The predicted octanol–water partition coefficient (Wildman–Crippen LogP) is 1.55. The molecule has 0 aromatic carbocycles. The van der Waals surface area contributed by atoms with Crippen molar-refractivity contribution in [2.45, 2.75) is 12.8 Å². The van der Waals surface area contributed by atoms with Crippen LogP contribution < -0.4 is 0 Å². The molecule has 0 saturated carbocycles. The van der Waals surface area contributed by atoms with Crippen LogP contribution in [-0.2, 0) is 11.2 Å². The number of alkyl halides is 2. The van der Waals surface area contributed by atoms with Crippen LogP contribution in [0.25, 0.3) is 0 Å². The molecule has 0 radical (unpaired) electrons. The van der Waals surface area contributed by atoms with Crippen molar-refractivity contribution in [1.29, 1.82) is 0 Å². The van der Waals surface area contributed by atoms with Crippen LogP contribution in [0.4, 0.5) is 14.5 Å². The second-order valence-corrected chi connectivity index (χ2v) is 2.82. The quantitative estimate of drug-likeness (QED) is 0.627. The first-order valence-corrected chi connectivity index (χ1v) is 4.05. The Morgan fingerprint density at radius 1 is 1.62 bits per heavy atom. The minimum atomic E-state index is -3.14. The van der Waals surface area contributed by atoms with Gasteiger partial charge in [0.2, 0.25) is 0 Å². The molecule has 0 spiro atoms. The molecule has 0 fully saturated rings. The number of aromatic nitrogens is 1. The number of halogens is 2. The average molecular weight is 232 g/mol. The Hall–Kier alpha value is -2.12. The molecule has 0 saturated heterocycles. The van der Waals surface area contributed by atoms with Crippen molar-refractivity contribution >= 4 is 11.7 Å². The summed E-state index contributed by atoms with van der Waals surface area (Å²) >= 11 is 0. The number of carbonyl (C=O) groups is 1. The first-order valence-electron chi connectivity index (χ1n) is 4.05. The van der Waals surface area contributed by atoms with E-state index in [9.17, 15) is 23.7 Å². The summed E-state index contributed by atoms with van der Waals surface area (Å²) in [6.07, 6.45) is -2.98. The van der Waals surface area contributed by atoms with Gasteiger partial charge < -0.3 is 5.11 Å². The molecular formula is C8H6F2N2O4. The van der Waals surface area contributed by atoms with Gasteiger partial charge in [-0.05, 0) is 0 Å². The van der Waals surface area contributed by atoms with Gasteiger partial charge in [-0.3, -0.25) is 19.9 Å². The van der Waals surface area contributed by atoms with Crippen LogP contribution in [0.15, 0.2) is 12.3 Å². The molecule has 0 aliphatic rings. The standard InChI is InChI=1S/C8H6F2N2O4/c9-8(10)7-4(3-6(13)14)11-2-1-5(7)12(15)16/h1-2,8H,3H2,(H,13,14). The predicted molar refractivity (Wildman–Crippen MR) is 47.2 cm³/mol. The topological polar surface area (TPSA) is 93.3 Å². The molecule has 0 amide bonds. The number of carboxylic acids is 1. The Bertz CT molecular complexity index is 436. The summed E-state index contributed by atoms with van der Waals surface area (Å²) in [6.45, 7) is 0.